The van der Waals surface area contributed by atoms with Gasteiger partial charge in [-0.2, -0.15) is 0 Å². The van der Waals surface area contributed by atoms with Crippen molar-refractivity contribution in [2.24, 2.45) is 0 Å². The van der Waals surface area contributed by atoms with Crippen molar-refractivity contribution in [2.45, 2.75) is 62.1 Å². The molecule has 2 aliphatic rings. The van der Waals surface area contributed by atoms with Crippen LogP contribution in [0.4, 0.5) is 0 Å². The van der Waals surface area contributed by atoms with Crippen LogP contribution in [0.1, 0.15) is 13.2 Å². The topological polar surface area (TPSA) is 263 Å². The lowest BCUT2D eigenvalue weighted by atomic mass is 9.96. The highest BCUT2D eigenvalue weighted by Crippen LogP contribution is 2.59. The van der Waals surface area contributed by atoms with Crippen LogP contribution in [0, 0.1) is 0 Å². The number of aliphatic hydroxyl groups excluding tert-OH is 4. The average molecular weight is 576 g/mol. The van der Waals surface area contributed by atoms with E-state index in [1.54, 1.807) is 0 Å². The van der Waals surface area contributed by atoms with Gasteiger partial charge in [-0.25, -0.2) is 13.7 Å². The molecule has 6 N–H and O–H groups in total. The van der Waals surface area contributed by atoms with E-state index in [4.69, 9.17) is 9.47 Å². The van der Waals surface area contributed by atoms with Gasteiger partial charge in [0.25, 0.3) is 13.4 Å². The van der Waals surface area contributed by atoms with E-state index in [1.165, 1.54) is 25.9 Å². The number of phosphoric acid groups is 2. The first kappa shape index (κ1) is 30.2. The van der Waals surface area contributed by atoms with Crippen LogP contribution in [0.2, 0.25) is 0 Å². The summed E-state index contributed by atoms with van der Waals surface area (Å²) < 4.78 is 48.9. The summed E-state index contributed by atoms with van der Waals surface area (Å²) in [6.45, 7) is 0.394. The summed E-state index contributed by atoms with van der Waals surface area (Å²) >= 11 is 0. The molecule has 1 aromatic rings. The van der Waals surface area contributed by atoms with E-state index in [9.17, 15) is 48.9 Å². The molecule has 18 nitrogen and oxygen atoms in total. The van der Waals surface area contributed by atoms with Crippen LogP contribution in [0.5, 0.6) is 0 Å². The number of nitrogens with zero attached hydrogens (tertiary/aromatic N) is 2. The number of hydrogen-bond acceptors (Lipinski definition) is 15. The van der Waals surface area contributed by atoms with Crippen LogP contribution < -0.4 is 16.1 Å². The van der Waals surface area contributed by atoms with Crippen molar-refractivity contribution in [3.8, 4) is 0 Å². The Labute approximate surface area is 208 Å². The quantitative estimate of drug-likeness (QED) is 0.154. The SMILES string of the molecule is CC1O[C@H](OP(=O)([O-])OP(=O)(O)OC[C@H]2O[C@@H](n3ccc(=O)[nH]c3=O)C(O)[C@H]2O)C(O)[C@@H](N(C)C)[C@@H]1O. The van der Waals surface area contributed by atoms with E-state index in [0.29, 0.717) is 0 Å². The zero-order valence-electron chi connectivity index (χ0n) is 19.7. The molecular weight excluding hydrogens is 548 g/mol. The number of phosphoric ester groups is 2. The van der Waals surface area contributed by atoms with E-state index >= 15 is 0 Å². The third-order valence-corrected chi connectivity index (χ3v) is 8.27. The summed E-state index contributed by atoms with van der Waals surface area (Å²) in [5.41, 5.74) is -1.71. The first-order valence-electron chi connectivity index (χ1n) is 10.7. The fourth-order valence-electron chi connectivity index (χ4n) is 3.90. The lowest BCUT2D eigenvalue weighted by Gasteiger charge is -2.45. The second-order valence-electron chi connectivity index (χ2n) is 8.61. The van der Waals surface area contributed by atoms with Gasteiger partial charge >= 0.3 is 13.5 Å². The highest BCUT2D eigenvalue weighted by molar-refractivity contribution is 7.60. The highest BCUT2D eigenvalue weighted by atomic mass is 31.3. The average Bonchev–Trinajstić information content (AvgIpc) is 3.03. The Morgan fingerprint density at radius 3 is 2.35 bits per heavy atom. The molecule has 0 aliphatic carbocycles. The summed E-state index contributed by atoms with van der Waals surface area (Å²) in [6, 6.07) is -0.0639. The maximum atomic E-state index is 12.3. The molecule has 5 unspecified atom stereocenters. The predicted molar refractivity (Wildman–Crippen MR) is 117 cm³/mol. The van der Waals surface area contributed by atoms with Crippen LogP contribution in [0.3, 0.4) is 0 Å². The molecule has 0 radical (unpaired) electrons. The summed E-state index contributed by atoms with van der Waals surface area (Å²) in [7, 11) is -8.14. The summed E-state index contributed by atoms with van der Waals surface area (Å²) in [5.74, 6) is 0. The van der Waals surface area contributed by atoms with Gasteiger partial charge in [0.05, 0.1) is 24.9 Å². The molecule has 3 rings (SSSR count). The van der Waals surface area contributed by atoms with Gasteiger partial charge < -0.3 is 44.6 Å². The van der Waals surface area contributed by atoms with Crippen molar-refractivity contribution in [3.63, 3.8) is 0 Å². The molecule has 0 aromatic carbocycles. The van der Waals surface area contributed by atoms with Crippen molar-refractivity contribution < 1.29 is 62.2 Å². The minimum absolute atomic E-state index is 0.731. The number of ether oxygens (including phenoxy) is 2. The molecule has 0 amide bonds. The van der Waals surface area contributed by atoms with Gasteiger partial charge in [-0.15, -0.1) is 0 Å². The molecule has 37 heavy (non-hydrogen) atoms. The van der Waals surface area contributed by atoms with E-state index in [2.05, 4.69) is 13.4 Å². The Bertz CT molecular complexity index is 1160. The number of H-pyrrole nitrogens is 1. The minimum Gasteiger partial charge on any atom is -0.756 e. The first-order chi connectivity index (χ1) is 17.0. The molecule has 2 saturated heterocycles. The monoisotopic (exact) mass is 576 g/mol. The second-order valence-corrected chi connectivity index (χ2v) is 11.6. The van der Waals surface area contributed by atoms with Gasteiger partial charge in [-0.3, -0.25) is 28.0 Å². The molecule has 0 spiro atoms. The second kappa shape index (κ2) is 11.4. The van der Waals surface area contributed by atoms with Crippen LogP contribution in [-0.4, -0.2) is 109 Å². The molecular formula is C17H28N3O15P2-. The molecule has 212 valence electrons. The zero-order chi connectivity index (χ0) is 27.9. The van der Waals surface area contributed by atoms with E-state index in [-0.39, 0.29) is 0 Å². The van der Waals surface area contributed by atoms with Gasteiger partial charge in [0.2, 0.25) is 0 Å². The Morgan fingerprint density at radius 1 is 1.11 bits per heavy atom. The number of rotatable bonds is 9. The Kier molecular flexibility index (Phi) is 9.32. The summed E-state index contributed by atoms with van der Waals surface area (Å²) in [5, 5.41) is 40.9. The molecule has 0 bridgehead atoms. The molecule has 1 aromatic heterocycles. The van der Waals surface area contributed by atoms with E-state index in [0.717, 1.165) is 16.8 Å². The zero-order valence-corrected chi connectivity index (χ0v) is 21.5. The maximum absolute atomic E-state index is 12.3. The van der Waals surface area contributed by atoms with Crippen LogP contribution in [-0.2, 0) is 32.0 Å². The lowest BCUT2D eigenvalue weighted by molar-refractivity contribution is -0.287. The van der Waals surface area contributed by atoms with Crippen molar-refractivity contribution in [2.75, 3.05) is 20.7 Å². The molecule has 3 heterocycles. The first-order valence-corrected chi connectivity index (χ1v) is 13.7. The Balaban J connectivity index is 1.62. The van der Waals surface area contributed by atoms with Crippen molar-refractivity contribution >= 4 is 15.6 Å². The fraction of sp³-hybridized carbons (Fsp3) is 0.765. The predicted octanol–water partition coefficient (Wildman–Crippen LogP) is -3.83. The number of aromatic nitrogens is 2. The lowest BCUT2D eigenvalue weighted by Crippen LogP contribution is -2.62. The number of aromatic amines is 1. The molecule has 20 heteroatoms. The summed E-state index contributed by atoms with van der Waals surface area (Å²) in [4.78, 5) is 48.6. The van der Waals surface area contributed by atoms with Crippen molar-refractivity contribution in [1.29, 1.82) is 0 Å². The highest BCUT2D eigenvalue weighted by Gasteiger charge is 2.48. The van der Waals surface area contributed by atoms with Crippen LogP contribution >= 0.6 is 15.6 Å². The smallest absolute Gasteiger partial charge is 0.478 e. The fourth-order valence-corrected chi connectivity index (χ4v) is 6.02. The number of likely N-dealkylation sites (N-methyl/N-ethyl adjacent to an activating group) is 1. The number of nitrogens with one attached hydrogen (secondary N) is 1. The minimum atomic E-state index is -5.69. The van der Waals surface area contributed by atoms with Gasteiger partial charge in [0.15, 0.2) is 12.5 Å². The Morgan fingerprint density at radius 2 is 1.76 bits per heavy atom. The third-order valence-electron chi connectivity index (χ3n) is 5.71. The Hall–Kier alpha value is -1.34. The third kappa shape index (κ3) is 7.00. The van der Waals surface area contributed by atoms with Gasteiger partial charge in [-0.05, 0) is 21.0 Å². The van der Waals surface area contributed by atoms with E-state index in [1.807, 2.05) is 4.98 Å². The molecule has 2 aliphatic heterocycles. The van der Waals surface area contributed by atoms with Crippen LogP contribution in [0.25, 0.3) is 0 Å². The maximum Gasteiger partial charge on any atom is 0.478 e. The van der Waals surface area contributed by atoms with Crippen molar-refractivity contribution in [1.82, 2.24) is 14.5 Å². The molecule has 11 atom stereocenters. The van der Waals surface area contributed by atoms with Crippen LogP contribution in [0.15, 0.2) is 21.9 Å². The molecule has 2 fully saturated rings. The van der Waals surface area contributed by atoms with Crippen molar-refractivity contribution in [3.05, 3.63) is 33.1 Å². The molecule has 0 saturated carbocycles. The normalized spacial score (nSPS) is 37.8. The van der Waals surface area contributed by atoms with Gasteiger partial charge in [0.1, 0.15) is 24.4 Å². The van der Waals surface area contributed by atoms with E-state index < -0.39 is 88.7 Å². The standard InChI is InChI=1S/C17H29N3O15P2/c1-7-11(22)10(19(2)3)13(24)16(32-7)34-37(29,30)35-36(27,28)31-6-8-12(23)14(25)15(33-8)20-5-4-9(21)18-17(20)26/h4-5,7-8,10-16,22-25H,6H2,1-3H3,(H,27,28)(H,29,30)(H,18,21,26)/p-1/t7?,8-,10+,11-,12+,13?,14?,15-,16-/m1/s1. The summed E-state index contributed by atoms with van der Waals surface area (Å²) in [6.07, 6.45) is -11.4. The van der Waals surface area contributed by atoms with Gasteiger partial charge in [-0.1, -0.05) is 0 Å². The largest absolute Gasteiger partial charge is 0.756 e. The number of hydrogen-bond donors (Lipinski definition) is 6. The number of aliphatic hydroxyl groups is 4. The van der Waals surface area contributed by atoms with Gasteiger partial charge in [0, 0.05) is 12.3 Å².